The van der Waals surface area contributed by atoms with Crippen molar-refractivity contribution in [1.29, 1.82) is 0 Å². The second-order valence-electron chi connectivity index (χ2n) is 11.9. The van der Waals surface area contributed by atoms with Crippen LogP contribution in [0, 0.1) is 34.0 Å². The van der Waals surface area contributed by atoms with Crippen LogP contribution in [0.1, 0.15) is 52.9 Å². The Morgan fingerprint density at radius 3 is 1.35 bits per heavy atom. The van der Waals surface area contributed by atoms with Gasteiger partial charge in [-0.3, -0.25) is 24.0 Å². The molecule has 4 rings (SSSR count). The molecule has 4 saturated heterocycles. The molecule has 0 saturated carbocycles. The van der Waals surface area contributed by atoms with Gasteiger partial charge in [-0.1, -0.05) is 20.8 Å². The number of carbonyl (C=O) groups excluding carboxylic acids is 1. The van der Waals surface area contributed by atoms with Crippen molar-refractivity contribution in [2.45, 2.75) is 77.3 Å². The third-order valence-electron chi connectivity index (χ3n) is 9.60. The first-order chi connectivity index (χ1) is 18.7. The maximum absolute atomic E-state index is 15.4. The van der Waals surface area contributed by atoms with Crippen LogP contribution in [0.25, 0.3) is 0 Å². The maximum atomic E-state index is 15.4. The van der Waals surface area contributed by atoms with Crippen molar-refractivity contribution in [3.05, 3.63) is 0 Å². The summed E-state index contributed by atoms with van der Waals surface area (Å²) in [5, 5.41) is 42.1. The second-order valence-corrected chi connectivity index (χ2v) is 11.9. The fraction of sp³-hybridized carbons (Fsp3) is 0.815. The van der Waals surface area contributed by atoms with Gasteiger partial charge in [-0.05, 0) is 32.1 Å². The molecule has 4 aliphatic rings. The van der Waals surface area contributed by atoms with Gasteiger partial charge in [0, 0.05) is 5.41 Å². The summed E-state index contributed by atoms with van der Waals surface area (Å²) in [4.78, 5) is 67.2. The quantitative estimate of drug-likeness (QED) is 0.161. The second kappa shape index (κ2) is 11.0. The lowest BCUT2D eigenvalue weighted by atomic mass is 9.43. The Morgan fingerprint density at radius 2 is 1.02 bits per heavy atom. The molecule has 0 amide bonds. The predicted molar refractivity (Wildman–Crippen MR) is 132 cm³/mol. The van der Waals surface area contributed by atoms with E-state index in [1.807, 2.05) is 0 Å². The first-order valence-electron chi connectivity index (χ1n) is 13.7. The molecule has 13 heteroatoms. The van der Waals surface area contributed by atoms with Crippen molar-refractivity contribution < 1.29 is 63.3 Å². The molecule has 224 valence electrons. The van der Waals surface area contributed by atoms with Crippen molar-refractivity contribution in [3.8, 4) is 0 Å². The molecule has 0 aliphatic carbocycles. The van der Waals surface area contributed by atoms with E-state index in [2.05, 4.69) is 0 Å². The van der Waals surface area contributed by atoms with Crippen LogP contribution < -0.4 is 0 Å². The lowest BCUT2D eigenvalue weighted by molar-refractivity contribution is -0.196. The number of rotatable bonds is 19. The SMILES string of the molecule is CC(C(=O)O)C(CC1CO1)(CC1CO1)C(=O)C(C(C)C(=O)O)(C(C)C(=O)O)C(CCC1CO1)(CC1CO1)C(=O)O. The third-order valence-corrected chi connectivity index (χ3v) is 9.60. The highest BCUT2D eigenvalue weighted by atomic mass is 16.6. The first kappa shape index (κ1) is 30.4. The molecule has 4 aliphatic heterocycles. The fourth-order valence-electron chi connectivity index (χ4n) is 6.92. The van der Waals surface area contributed by atoms with E-state index in [1.165, 1.54) is 6.92 Å². The molecular formula is C27H38O13. The molecule has 40 heavy (non-hydrogen) atoms. The van der Waals surface area contributed by atoms with Crippen LogP contribution in [0.15, 0.2) is 0 Å². The zero-order valence-corrected chi connectivity index (χ0v) is 22.9. The summed E-state index contributed by atoms with van der Waals surface area (Å²) in [5.41, 5.74) is -6.68. The van der Waals surface area contributed by atoms with Crippen molar-refractivity contribution in [1.82, 2.24) is 0 Å². The van der Waals surface area contributed by atoms with Gasteiger partial charge in [0.2, 0.25) is 0 Å². The van der Waals surface area contributed by atoms with Crippen molar-refractivity contribution >= 4 is 29.7 Å². The van der Waals surface area contributed by atoms with Gasteiger partial charge in [0.15, 0.2) is 0 Å². The minimum atomic E-state index is -2.58. The standard InChI is InChI=1S/C27H38O13/c1-13(20(28)29)25(6-17-10-38-17,7-18-11-39-18)23(34)27(14(2)21(30)31,15(3)22(32)33)26(24(35)36,8-19-12-40-19)5-4-16-9-37-16/h13-19H,4-12H2,1-3H3,(H,28,29)(H,30,31)(H,32,33)(H,35,36). The molecule has 0 aromatic heterocycles. The average Bonchev–Trinajstić information content (AvgIpc) is 3.69. The van der Waals surface area contributed by atoms with Crippen LogP contribution in [0.2, 0.25) is 0 Å². The summed E-state index contributed by atoms with van der Waals surface area (Å²) in [6.45, 7) is 4.62. The molecule has 0 spiro atoms. The Hall–Kier alpha value is -2.61. The topological polar surface area (TPSA) is 216 Å². The number of aliphatic carboxylic acids is 4. The zero-order chi connectivity index (χ0) is 29.6. The van der Waals surface area contributed by atoms with Gasteiger partial charge in [-0.25, -0.2) is 0 Å². The minimum absolute atomic E-state index is 0.138. The van der Waals surface area contributed by atoms with E-state index in [0.717, 1.165) is 13.8 Å². The Bertz CT molecular complexity index is 1010. The highest BCUT2D eigenvalue weighted by molar-refractivity contribution is 6.03. The lowest BCUT2D eigenvalue weighted by Crippen LogP contribution is -2.67. The molecule has 4 heterocycles. The first-order valence-corrected chi connectivity index (χ1v) is 13.7. The van der Waals surface area contributed by atoms with Crippen LogP contribution in [-0.4, -0.2) is 101 Å². The monoisotopic (exact) mass is 570 g/mol. The Balaban J connectivity index is 2.04. The van der Waals surface area contributed by atoms with Gasteiger partial charge >= 0.3 is 23.9 Å². The summed E-state index contributed by atoms with van der Waals surface area (Å²) < 4.78 is 21.5. The molecule has 13 nitrogen and oxygen atoms in total. The predicted octanol–water partition coefficient (Wildman–Crippen LogP) is 1.31. The molecule has 8 atom stereocenters. The Labute approximate surface area is 231 Å². The number of carboxylic acids is 4. The molecular weight excluding hydrogens is 532 g/mol. The van der Waals surface area contributed by atoms with Crippen LogP contribution in [-0.2, 0) is 42.9 Å². The number of Topliss-reactive ketones (excluding diaryl/α,β-unsaturated/α-hetero) is 1. The smallest absolute Gasteiger partial charge is 0.310 e. The molecule has 8 unspecified atom stereocenters. The van der Waals surface area contributed by atoms with Crippen LogP contribution in [0.3, 0.4) is 0 Å². The van der Waals surface area contributed by atoms with Crippen molar-refractivity contribution in [2.24, 2.45) is 34.0 Å². The molecule has 0 bridgehead atoms. The van der Waals surface area contributed by atoms with E-state index in [-0.39, 0.29) is 58.0 Å². The lowest BCUT2D eigenvalue weighted by Gasteiger charge is -2.55. The van der Waals surface area contributed by atoms with Crippen LogP contribution in [0.4, 0.5) is 0 Å². The highest BCUT2D eigenvalue weighted by Crippen LogP contribution is 2.63. The number of carbonyl (C=O) groups is 5. The Morgan fingerprint density at radius 1 is 0.650 bits per heavy atom. The van der Waals surface area contributed by atoms with Gasteiger partial charge < -0.3 is 39.4 Å². The number of ether oxygens (including phenoxy) is 4. The molecule has 0 aromatic rings. The minimum Gasteiger partial charge on any atom is -0.481 e. The highest BCUT2D eigenvalue weighted by Gasteiger charge is 2.73. The van der Waals surface area contributed by atoms with Gasteiger partial charge in [0.25, 0.3) is 0 Å². The van der Waals surface area contributed by atoms with Gasteiger partial charge in [0.05, 0.1) is 79.4 Å². The number of hydrogen-bond acceptors (Lipinski definition) is 9. The molecule has 0 radical (unpaired) electrons. The Kier molecular flexibility index (Phi) is 8.34. The number of hydrogen-bond donors (Lipinski definition) is 4. The summed E-state index contributed by atoms with van der Waals surface area (Å²) in [5.74, 6) is -12.1. The summed E-state index contributed by atoms with van der Waals surface area (Å²) >= 11 is 0. The maximum Gasteiger partial charge on any atom is 0.310 e. The van der Waals surface area contributed by atoms with E-state index in [0.29, 0.717) is 6.61 Å². The molecule has 4 fully saturated rings. The number of ketones is 1. The van der Waals surface area contributed by atoms with E-state index < -0.39 is 82.0 Å². The molecule has 0 aromatic carbocycles. The van der Waals surface area contributed by atoms with E-state index in [1.54, 1.807) is 0 Å². The van der Waals surface area contributed by atoms with E-state index in [9.17, 15) is 39.6 Å². The van der Waals surface area contributed by atoms with E-state index >= 15 is 4.79 Å². The van der Waals surface area contributed by atoms with Crippen molar-refractivity contribution in [3.63, 3.8) is 0 Å². The average molecular weight is 571 g/mol. The largest absolute Gasteiger partial charge is 0.481 e. The molecule has 4 N–H and O–H groups in total. The van der Waals surface area contributed by atoms with E-state index in [4.69, 9.17) is 18.9 Å². The van der Waals surface area contributed by atoms with Gasteiger partial charge in [-0.15, -0.1) is 0 Å². The zero-order valence-electron chi connectivity index (χ0n) is 22.9. The fourth-order valence-corrected chi connectivity index (χ4v) is 6.92. The van der Waals surface area contributed by atoms with Gasteiger partial charge in [-0.2, -0.15) is 0 Å². The van der Waals surface area contributed by atoms with Crippen LogP contribution >= 0.6 is 0 Å². The number of epoxide rings is 4. The summed E-state index contributed by atoms with van der Waals surface area (Å²) in [7, 11) is 0. The normalized spacial score (nSPS) is 31.3. The third kappa shape index (κ3) is 5.48. The number of carboxylic acid groups (broad SMARTS) is 4. The van der Waals surface area contributed by atoms with Crippen LogP contribution in [0.5, 0.6) is 0 Å². The van der Waals surface area contributed by atoms with Crippen molar-refractivity contribution in [2.75, 3.05) is 26.4 Å². The summed E-state index contributed by atoms with van der Waals surface area (Å²) in [6.07, 6.45) is -2.68. The van der Waals surface area contributed by atoms with Gasteiger partial charge in [0.1, 0.15) is 5.78 Å². The summed E-state index contributed by atoms with van der Waals surface area (Å²) in [6, 6.07) is 0.